The van der Waals surface area contributed by atoms with Gasteiger partial charge in [-0.3, -0.25) is 9.48 Å². The molecule has 6 nitrogen and oxygen atoms in total. The van der Waals surface area contributed by atoms with Gasteiger partial charge in [-0.15, -0.1) is 0 Å². The molecule has 122 valence electrons. The Balaban J connectivity index is 1.45. The molecule has 1 N–H and O–H groups in total. The minimum atomic E-state index is -0.0665. The van der Waals surface area contributed by atoms with Gasteiger partial charge in [-0.2, -0.15) is 10.4 Å². The lowest BCUT2D eigenvalue weighted by atomic mass is 9.95. The second-order valence-electron chi connectivity index (χ2n) is 6.60. The molecule has 1 amide bonds. The normalized spacial score (nSPS) is 24.8. The van der Waals surface area contributed by atoms with E-state index >= 15 is 0 Å². The Bertz CT molecular complexity index is 804. The second kappa shape index (κ2) is 5.68. The zero-order valence-corrected chi connectivity index (χ0v) is 13.5. The van der Waals surface area contributed by atoms with Crippen molar-refractivity contribution in [2.45, 2.75) is 37.4 Å². The van der Waals surface area contributed by atoms with Gasteiger partial charge in [-0.1, -0.05) is 12.1 Å². The number of rotatable bonds is 3. The van der Waals surface area contributed by atoms with Crippen molar-refractivity contribution in [2.75, 3.05) is 0 Å². The predicted octanol–water partition coefficient (Wildman–Crippen LogP) is 1.90. The Kier molecular flexibility index (Phi) is 3.49. The molecule has 2 bridgehead atoms. The second-order valence-corrected chi connectivity index (χ2v) is 6.60. The van der Waals surface area contributed by atoms with Crippen LogP contribution in [0.1, 0.15) is 29.6 Å². The largest absolute Gasteiger partial charge is 0.347 e. The molecule has 3 heterocycles. The molecule has 2 aliphatic rings. The number of hydrogen-bond acceptors (Lipinski definition) is 4. The minimum Gasteiger partial charge on any atom is -0.347 e. The van der Waals surface area contributed by atoms with Crippen LogP contribution < -0.4 is 5.32 Å². The van der Waals surface area contributed by atoms with Crippen LogP contribution in [-0.2, 0) is 7.05 Å². The highest BCUT2D eigenvalue weighted by Crippen LogP contribution is 2.37. The number of nitrogens with zero attached hydrogens (tertiary/aromatic N) is 4. The Hall–Kier alpha value is -2.81. The highest BCUT2D eigenvalue weighted by molar-refractivity contribution is 5.95. The summed E-state index contributed by atoms with van der Waals surface area (Å²) in [5, 5.41) is 16.5. The van der Waals surface area contributed by atoms with E-state index in [1.807, 2.05) is 42.4 Å². The van der Waals surface area contributed by atoms with Crippen LogP contribution in [0.25, 0.3) is 11.1 Å². The highest BCUT2D eigenvalue weighted by Gasteiger charge is 2.46. The predicted molar refractivity (Wildman–Crippen MR) is 88.8 cm³/mol. The fraction of sp³-hybridized carbons (Fsp3) is 0.389. The Morgan fingerprint density at radius 1 is 1.29 bits per heavy atom. The fourth-order valence-electron chi connectivity index (χ4n) is 3.94. The average Bonchev–Trinajstić information content (AvgIpc) is 3.28. The van der Waals surface area contributed by atoms with Gasteiger partial charge in [0.2, 0.25) is 0 Å². The molecule has 24 heavy (non-hydrogen) atoms. The molecule has 0 radical (unpaired) electrons. The number of benzene rings is 1. The number of aryl methyl sites for hydroxylation is 1. The minimum absolute atomic E-state index is 0.0665. The monoisotopic (exact) mass is 321 g/mol. The van der Waals surface area contributed by atoms with Crippen molar-refractivity contribution in [3.8, 4) is 17.3 Å². The molecule has 2 saturated heterocycles. The van der Waals surface area contributed by atoms with Gasteiger partial charge in [0.25, 0.3) is 5.91 Å². The summed E-state index contributed by atoms with van der Waals surface area (Å²) in [4.78, 5) is 14.4. The fourth-order valence-corrected chi connectivity index (χ4v) is 3.94. The van der Waals surface area contributed by atoms with Gasteiger partial charge in [0.1, 0.15) is 0 Å². The van der Waals surface area contributed by atoms with E-state index in [4.69, 9.17) is 0 Å². The van der Waals surface area contributed by atoms with Crippen LogP contribution in [0.2, 0.25) is 0 Å². The summed E-state index contributed by atoms with van der Waals surface area (Å²) in [7, 11) is 1.88. The van der Waals surface area contributed by atoms with E-state index in [2.05, 4.69) is 16.6 Å². The third-order valence-electron chi connectivity index (χ3n) is 5.15. The number of aromatic nitrogens is 2. The first-order valence-corrected chi connectivity index (χ1v) is 8.24. The first-order valence-electron chi connectivity index (χ1n) is 8.24. The molecule has 2 aromatic rings. The number of fused-ring (bicyclic) bond motifs is 2. The molecule has 1 aromatic carbocycles. The molecule has 0 spiro atoms. The van der Waals surface area contributed by atoms with Crippen molar-refractivity contribution < 1.29 is 4.79 Å². The Morgan fingerprint density at radius 2 is 2.08 bits per heavy atom. The quantitative estimate of drug-likeness (QED) is 0.876. The molecular formula is C18H19N5O. The lowest BCUT2D eigenvalue weighted by molar-refractivity contribution is 0.0928. The van der Waals surface area contributed by atoms with E-state index in [9.17, 15) is 10.1 Å². The maximum Gasteiger partial charge on any atom is 0.251 e. The summed E-state index contributed by atoms with van der Waals surface area (Å²) in [6, 6.07) is 8.11. The lowest BCUT2D eigenvalue weighted by Gasteiger charge is -2.21. The smallest absolute Gasteiger partial charge is 0.251 e. The van der Waals surface area contributed by atoms with Gasteiger partial charge < -0.3 is 10.2 Å². The van der Waals surface area contributed by atoms with Crippen LogP contribution >= 0.6 is 0 Å². The average molecular weight is 321 g/mol. The van der Waals surface area contributed by atoms with Gasteiger partial charge in [0.15, 0.2) is 6.19 Å². The van der Waals surface area contributed by atoms with Gasteiger partial charge in [0.05, 0.1) is 18.3 Å². The van der Waals surface area contributed by atoms with Gasteiger partial charge in [-0.25, -0.2) is 0 Å². The molecular weight excluding hydrogens is 302 g/mol. The first-order chi connectivity index (χ1) is 11.7. The van der Waals surface area contributed by atoms with Crippen molar-refractivity contribution in [3.05, 3.63) is 42.2 Å². The standard InChI is InChI=1S/C18H19N5O/c1-22-10-14(9-20-22)12-2-4-13(5-3-12)18(24)21-16-8-15-6-7-17(16)23(15)11-19/h2-5,9-10,15-17H,6-8H2,1H3,(H,21,24)/t15-,16+,17+/m0/s1. The Morgan fingerprint density at radius 3 is 2.71 bits per heavy atom. The molecule has 1 aromatic heterocycles. The van der Waals surface area contributed by atoms with Gasteiger partial charge in [-0.05, 0) is 37.0 Å². The van der Waals surface area contributed by atoms with E-state index in [0.717, 1.165) is 30.4 Å². The number of nitrogens with one attached hydrogen (secondary N) is 1. The summed E-state index contributed by atoms with van der Waals surface area (Å²) in [6.45, 7) is 0. The number of amides is 1. The van der Waals surface area contributed by atoms with Gasteiger partial charge >= 0.3 is 0 Å². The molecule has 6 heteroatoms. The van der Waals surface area contributed by atoms with Crippen molar-refractivity contribution in [1.29, 1.82) is 5.26 Å². The van der Waals surface area contributed by atoms with Crippen molar-refractivity contribution >= 4 is 5.91 Å². The van der Waals surface area contributed by atoms with Crippen LogP contribution in [0.15, 0.2) is 36.7 Å². The summed E-state index contributed by atoms with van der Waals surface area (Å²) in [6.07, 6.45) is 8.94. The maximum absolute atomic E-state index is 12.5. The van der Waals surface area contributed by atoms with E-state index in [-0.39, 0.29) is 18.0 Å². The van der Waals surface area contributed by atoms with Gasteiger partial charge in [0, 0.05) is 30.4 Å². The molecule has 2 aliphatic heterocycles. The SMILES string of the molecule is Cn1cc(-c2ccc(C(=O)N[C@@H]3C[C@@H]4CC[C@H]3N4C#N)cc2)cn1. The zero-order valence-electron chi connectivity index (χ0n) is 13.5. The molecule has 0 aliphatic carbocycles. The van der Waals surface area contributed by atoms with E-state index in [1.54, 1.807) is 10.9 Å². The summed E-state index contributed by atoms with van der Waals surface area (Å²) in [5.41, 5.74) is 2.71. The van der Waals surface area contributed by atoms with Crippen molar-refractivity contribution in [2.24, 2.45) is 7.05 Å². The molecule has 2 fully saturated rings. The summed E-state index contributed by atoms with van der Waals surface area (Å²) < 4.78 is 1.76. The molecule has 4 rings (SSSR count). The number of nitriles is 1. The summed E-state index contributed by atoms with van der Waals surface area (Å²) >= 11 is 0. The maximum atomic E-state index is 12.5. The van der Waals surface area contributed by atoms with E-state index in [1.165, 1.54) is 0 Å². The van der Waals surface area contributed by atoms with E-state index in [0.29, 0.717) is 11.6 Å². The topological polar surface area (TPSA) is 74.0 Å². The molecule has 3 atom stereocenters. The first kappa shape index (κ1) is 14.8. The highest BCUT2D eigenvalue weighted by atomic mass is 16.1. The van der Waals surface area contributed by atoms with Crippen molar-refractivity contribution in [3.63, 3.8) is 0 Å². The van der Waals surface area contributed by atoms with Crippen molar-refractivity contribution in [1.82, 2.24) is 20.0 Å². The van der Waals surface area contributed by atoms with Crippen LogP contribution in [0.5, 0.6) is 0 Å². The molecule has 0 saturated carbocycles. The number of hydrogen-bond donors (Lipinski definition) is 1. The summed E-state index contributed by atoms with van der Waals surface area (Å²) in [5.74, 6) is -0.0665. The van der Waals surface area contributed by atoms with Crippen LogP contribution in [0.4, 0.5) is 0 Å². The molecule has 0 unspecified atom stereocenters. The number of carbonyl (C=O) groups excluding carboxylic acids is 1. The lowest BCUT2D eigenvalue weighted by Crippen LogP contribution is -2.43. The number of carbonyl (C=O) groups is 1. The van der Waals surface area contributed by atoms with Crippen LogP contribution in [0, 0.1) is 11.5 Å². The van der Waals surface area contributed by atoms with Crippen LogP contribution in [-0.4, -0.2) is 38.7 Å². The van der Waals surface area contributed by atoms with E-state index < -0.39 is 0 Å². The Labute approximate surface area is 140 Å². The third-order valence-corrected chi connectivity index (χ3v) is 5.15. The van der Waals surface area contributed by atoms with Crippen LogP contribution in [0.3, 0.4) is 0 Å². The third kappa shape index (κ3) is 2.42. The zero-order chi connectivity index (χ0) is 16.7.